The standard InChI is InChI=1S/C22H24N6O5S/c29-21(23-15-5-1-2-6-15)14-28-25-22(24-27-28)17-7-3-4-8-18(17)26-34(30,31)16-9-10-19-20(13-16)33-12-11-32-19/h3-4,7-10,13,15,26H,1-2,5-6,11-12,14H2,(H,23,29). The second-order valence-electron chi connectivity index (χ2n) is 8.15. The molecule has 0 unspecified atom stereocenters. The van der Waals surface area contributed by atoms with Crippen LogP contribution in [0.1, 0.15) is 25.7 Å². The van der Waals surface area contributed by atoms with Gasteiger partial charge in [-0.25, -0.2) is 8.42 Å². The van der Waals surface area contributed by atoms with E-state index in [1.54, 1.807) is 30.3 Å². The zero-order valence-electron chi connectivity index (χ0n) is 18.3. The van der Waals surface area contributed by atoms with Crippen LogP contribution < -0.4 is 19.5 Å². The molecule has 11 nitrogen and oxygen atoms in total. The molecule has 0 radical (unpaired) electrons. The van der Waals surface area contributed by atoms with Gasteiger partial charge in [0.25, 0.3) is 10.0 Å². The quantitative estimate of drug-likeness (QED) is 0.519. The van der Waals surface area contributed by atoms with Crippen molar-refractivity contribution in [3.8, 4) is 22.9 Å². The van der Waals surface area contributed by atoms with Crippen molar-refractivity contribution in [1.29, 1.82) is 0 Å². The first kappa shape index (κ1) is 22.1. The van der Waals surface area contributed by atoms with Crippen LogP contribution in [0, 0.1) is 0 Å². The molecule has 1 fully saturated rings. The number of hydrogen-bond acceptors (Lipinski definition) is 8. The van der Waals surface area contributed by atoms with Gasteiger partial charge in [0.2, 0.25) is 11.7 Å². The lowest BCUT2D eigenvalue weighted by atomic mass is 10.2. The fourth-order valence-corrected chi connectivity index (χ4v) is 5.15. The van der Waals surface area contributed by atoms with Gasteiger partial charge in [-0.1, -0.05) is 25.0 Å². The largest absolute Gasteiger partial charge is 0.486 e. The van der Waals surface area contributed by atoms with Crippen LogP contribution in [0.4, 0.5) is 5.69 Å². The molecule has 0 atom stereocenters. The summed E-state index contributed by atoms with van der Waals surface area (Å²) in [6.45, 7) is 0.710. The van der Waals surface area contributed by atoms with Crippen LogP contribution in [0.15, 0.2) is 47.4 Å². The Balaban J connectivity index is 1.33. The smallest absolute Gasteiger partial charge is 0.262 e. The van der Waals surface area contributed by atoms with E-state index in [0.29, 0.717) is 30.3 Å². The number of carbonyl (C=O) groups is 1. The monoisotopic (exact) mass is 484 g/mol. The number of hydrogen-bond donors (Lipinski definition) is 2. The molecule has 34 heavy (non-hydrogen) atoms. The Labute approximate surface area is 196 Å². The van der Waals surface area contributed by atoms with Crippen molar-refractivity contribution in [3.63, 3.8) is 0 Å². The van der Waals surface area contributed by atoms with Gasteiger partial charge in [-0.2, -0.15) is 4.80 Å². The first-order valence-corrected chi connectivity index (χ1v) is 12.6. The van der Waals surface area contributed by atoms with Gasteiger partial charge in [-0.15, -0.1) is 10.2 Å². The number of tetrazole rings is 1. The highest BCUT2D eigenvalue weighted by Gasteiger charge is 2.22. The van der Waals surface area contributed by atoms with Gasteiger partial charge in [0.1, 0.15) is 19.8 Å². The first-order chi connectivity index (χ1) is 16.5. The van der Waals surface area contributed by atoms with Crippen molar-refractivity contribution in [1.82, 2.24) is 25.5 Å². The van der Waals surface area contributed by atoms with Crippen LogP contribution in [-0.2, 0) is 21.4 Å². The van der Waals surface area contributed by atoms with Crippen LogP contribution in [-0.4, -0.2) is 53.8 Å². The van der Waals surface area contributed by atoms with Crippen molar-refractivity contribution in [2.75, 3.05) is 17.9 Å². The summed E-state index contributed by atoms with van der Waals surface area (Å²) >= 11 is 0. The molecular formula is C22H24N6O5S. The molecule has 1 aliphatic heterocycles. The van der Waals surface area contributed by atoms with E-state index in [2.05, 4.69) is 25.4 Å². The summed E-state index contributed by atoms with van der Waals surface area (Å²) in [5.74, 6) is 0.906. The number of amides is 1. The number of carbonyl (C=O) groups excluding carboxylic acids is 1. The van der Waals surface area contributed by atoms with Gasteiger partial charge >= 0.3 is 0 Å². The molecule has 0 saturated heterocycles. The van der Waals surface area contributed by atoms with Crippen molar-refractivity contribution < 1.29 is 22.7 Å². The maximum absolute atomic E-state index is 13.1. The fourth-order valence-electron chi connectivity index (χ4n) is 4.05. The Morgan fingerprint density at radius 2 is 1.82 bits per heavy atom. The Hall–Kier alpha value is -3.67. The summed E-state index contributed by atoms with van der Waals surface area (Å²) in [6.07, 6.45) is 4.21. The zero-order valence-corrected chi connectivity index (χ0v) is 19.1. The summed E-state index contributed by atoms with van der Waals surface area (Å²) in [4.78, 5) is 13.5. The first-order valence-electron chi connectivity index (χ1n) is 11.1. The Kier molecular flexibility index (Phi) is 6.05. The number of anilines is 1. The number of sulfonamides is 1. The maximum Gasteiger partial charge on any atom is 0.262 e. The zero-order chi connectivity index (χ0) is 23.5. The van der Waals surface area contributed by atoms with E-state index in [1.165, 1.54) is 16.9 Å². The predicted octanol–water partition coefficient (Wildman–Crippen LogP) is 1.97. The average Bonchev–Trinajstić information content (AvgIpc) is 3.51. The molecule has 12 heteroatoms. The molecule has 2 aliphatic rings. The Bertz CT molecular complexity index is 1300. The number of nitrogens with one attached hydrogen (secondary N) is 2. The normalized spacial score (nSPS) is 15.8. The SMILES string of the molecule is O=C(Cn1nnc(-c2ccccc2NS(=O)(=O)c2ccc3c(c2)OCCO3)n1)NC1CCCC1. The average molecular weight is 485 g/mol. The molecule has 0 spiro atoms. The van der Waals surface area contributed by atoms with Crippen molar-refractivity contribution in [3.05, 3.63) is 42.5 Å². The number of rotatable bonds is 7. The third kappa shape index (κ3) is 4.81. The topological polar surface area (TPSA) is 137 Å². The highest BCUT2D eigenvalue weighted by Crippen LogP contribution is 2.33. The minimum Gasteiger partial charge on any atom is -0.486 e. The lowest BCUT2D eigenvalue weighted by Crippen LogP contribution is -2.35. The lowest BCUT2D eigenvalue weighted by Gasteiger charge is -2.19. The fraction of sp³-hybridized carbons (Fsp3) is 0.364. The van der Waals surface area contributed by atoms with Crippen LogP contribution in [0.2, 0.25) is 0 Å². The van der Waals surface area contributed by atoms with Crippen molar-refractivity contribution in [2.24, 2.45) is 0 Å². The van der Waals surface area contributed by atoms with Gasteiger partial charge < -0.3 is 14.8 Å². The maximum atomic E-state index is 13.1. The van der Waals surface area contributed by atoms with Crippen LogP contribution in [0.3, 0.4) is 0 Å². The highest BCUT2D eigenvalue weighted by molar-refractivity contribution is 7.92. The number of fused-ring (bicyclic) bond motifs is 1. The van der Waals surface area contributed by atoms with E-state index in [1.807, 2.05) is 0 Å². The molecule has 1 aliphatic carbocycles. The van der Waals surface area contributed by atoms with E-state index >= 15 is 0 Å². The lowest BCUT2D eigenvalue weighted by molar-refractivity contribution is -0.122. The Morgan fingerprint density at radius 1 is 1.06 bits per heavy atom. The van der Waals surface area contributed by atoms with Crippen LogP contribution in [0.5, 0.6) is 11.5 Å². The second kappa shape index (κ2) is 9.29. The number of benzene rings is 2. The van der Waals surface area contributed by atoms with E-state index in [9.17, 15) is 13.2 Å². The number of nitrogens with zero attached hydrogens (tertiary/aromatic N) is 4. The molecule has 1 saturated carbocycles. The van der Waals surface area contributed by atoms with Gasteiger partial charge in [-0.05, 0) is 42.3 Å². The summed E-state index contributed by atoms with van der Waals surface area (Å²) in [7, 11) is -3.94. The molecule has 1 amide bonds. The summed E-state index contributed by atoms with van der Waals surface area (Å²) in [5.41, 5.74) is 0.721. The summed E-state index contributed by atoms with van der Waals surface area (Å²) in [6, 6.07) is 11.4. The van der Waals surface area contributed by atoms with Gasteiger partial charge in [0, 0.05) is 17.7 Å². The summed E-state index contributed by atoms with van der Waals surface area (Å²) in [5, 5.41) is 15.2. The van der Waals surface area contributed by atoms with Crippen LogP contribution >= 0.6 is 0 Å². The minimum atomic E-state index is -3.94. The van der Waals surface area contributed by atoms with E-state index in [-0.39, 0.29) is 34.9 Å². The van der Waals surface area contributed by atoms with E-state index < -0.39 is 10.0 Å². The summed E-state index contributed by atoms with van der Waals surface area (Å²) < 4.78 is 39.7. The third-order valence-electron chi connectivity index (χ3n) is 5.69. The predicted molar refractivity (Wildman–Crippen MR) is 122 cm³/mol. The molecule has 0 bridgehead atoms. The van der Waals surface area contributed by atoms with Crippen molar-refractivity contribution >= 4 is 21.6 Å². The van der Waals surface area contributed by atoms with Crippen molar-refractivity contribution in [2.45, 2.75) is 43.2 Å². The van der Waals surface area contributed by atoms with E-state index in [4.69, 9.17) is 9.47 Å². The van der Waals surface area contributed by atoms with Gasteiger partial charge in [-0.3, -0.25) is 9.52 Å². The van der Waals surface area contributed by atoms with Gasteiger partial charge in [0.05, 0.1) is 10.6 Å². The van der Waals surface area contributed by atoms with Crippen LogP contribution in [0.25, 0.3) is 11.4 Å². The minimum absolute atomic E-state index is 0.0340. The second-order valence-corrected chi connectivity index (χ2v) is 9.83. The Morgan fingerprint density at radius 3 is 2.65 bits per heavy atom. The number of aromatic nitrogens is 4. The molecular weight excluding hydrogens is 460 g/mol. The molecule has 5 rings (SSSR count). The van der Waals surface area contributed by atoms with Gasteiger partial charge in [0.15, 0.2) is 11.5 Å². The molecule has 2 N–H and O–H groups in total. The molecule has 3 aromatic rings. The molecule has 178 valence electrons. The van der Waals surface area contributed by atoms with E-state index in [0.717, 1.165) is 25.7 Å². The molecule has 1 aromatic heterocycles. The highest BCUT2D eigenvalue weighted by atomic mass is 32.2. The molecule has 2 aromatic carbocycles. The number of para-hydroxylation sites is 1. The molecule has 2 heterocycles. The number of ether oxygens (including phenoxy) is 2. The third-order valence-corrected chi connectivity index (χ3v) is 7.06.